The zero-order chi connectivity index (χ0) is 33.1. The van der Waals surface area contributed by atoms with Gasteiger partial charge in [-0.05, 0) is 69.2 Å². The number of esters is 1. The van der Waals surface area contributed by atoms with Crippen molar-refractivity contribution in [2.24, 2.45) is 11.3 Å². The molecular formula is C37H44FN3O6. The lowest BCUT2D eigenvalue weighted by Gasteiger charge is -2.30. The first-order chi connectivity index (χ1) is 22.7. The fraction of sp³-hybridized carbons (Fsp3) is 0.514. The average Bonchev–Trinajstić information content (AvgIpc) is 3.35. The van der Waals surface area contributed by atoms with E-state index in [-0.39, 0.29) is 68.5 Å². The Morgan fingerprint density at radius 1 is 1.06 bits per heavy atom. The summed E-state index contributed by atoms with van der Waals surface area (Å²) in [6.07, 6.45) is 7.54. The number of aryl methyl sites for hydroxylation is 1. The number of ether oxygens (including phenoxy) is 2. The van der Waals surface area contributed by atoms with E-state index in [1.807, 2.05) is 37.3 Å². The summed E-state index contributed by atoms with van der Waals surface area (Å²) in [4.78, 5) is 58.1. The van der Waals surface area contributed by atoms with E-state index in [1.165, 1.54) is 11.0 Å². The summed E-state index contributed by atoms with van der Waals surface area (Å²) in [5.41, 5.74) is 2.16. The van der Waals surface area contributed by atoms with Gasteiger partial charge in [0.15, 0.2) is 5.78 Å². The molecule has 1 N–H and O–H groups in total. The van der Waals surface area contributed by atoms with Gasteiger partial charge in [0.25, 0.3) is 0 Å². The molecule has 9 nitrogen and oxygen atoms in total. The molecular weight excluding hydrogens is 601 g/mol. The third-order valence-corrected chi connectivity index (χ3v) is 10.1. The zero-order valence-corrected chi connectivity index (χ0v) is 27.2. The highest BCUT2D eigenvalue weighted by molar-refractivity contribution is 5.96. The Hall–Kier alpha value is -4.21. The number of Topliss-reactive ketones (excluding diaryl/α,β-unsaturated/α-hetero) is 1. The maximum Gasteiger partial charge on any atom is 0.410 e. The first-order valence-electron chi connectivity index (χ1n) is 16.9. The minimum absolute atomic E-state index is 0.0489. The number of halogens is 1. The number of ketones is 1. The monoisotopic (exact) mass is 645 g/mol. The standard InChI is InChI=1S/C37H44FN3O6/c1-3-46-35(44)37-19-26(37)11-7-5-4-6-8-13-31(39-27-16-14-24(2)15-17-27)34(43)41-22-28(18-32(41)33(42)20-37)47-36(45)40-21-25-10-9-12-30(38)29(25)23-40/h7,9-12,14-17,26,28,31-32,39H,3-6,8,13,18-23H2,1-2H3/b11-7-/t26-,28+,31-,32-,37+/m0/s1. The van der Waals surface area contributed by atoms with Crippen molar-refractivity contribution in [2.45, 2.75) is 96.5 Å². The van der Waals surface area contributed by atoms with Gasteiger partial charge in [-0.25, -0.2) is 9.18 Å². The van der Waals surface area contributed by atoms with E-state index in [0.29, 0.717) is 18.4 Å². The Kier molecular flexibility index (Phi) is 9.66. The Balaban J connectivity index is 1.25. The second kappa shape index (κ2) is 13.9. The van der Waals surface area contributed by atoms with Crippen molar-refractivity contribution in [2.75, 3.05) is 18.5 Å². The molecule has 10 heteroatoms. The number of allylic oxidation sites excluding steroid dienone is 2. The van der Waals surface area contributed by atoms with Gasteiger partial charge >= 0.3 is 12.1 Å². The van der Waals surface area contributed by atoms with Crippen molar-refractivity contribution in [1.82, 2.24) is 9.80 Å². The minimum atomic E-state index is -0.946. The molecule has 6 rings (SSSR count). The number of nitrogens with zero attached hydrogens (tertiary/aromatic N) is 2. The van der Waals surface area contributed by atoms with Gasteiger partial charge < -0.3 is 19.7 Å². The molecule has 5 atom stereocenters. The number of amides is 2. The molecule has 0 bridgehead atoms. The number of carbonyl (C=O) groups excluding carboxylic acids is 4. The van der Waals surface area contributed by atoms with Crippen LogP contribution in [-0.2, 0) is 36.9 Å². The normalized spacial score (nSPS) is 28.3. The third-order valence-electron chi connectivity index (χ3n) is 10.1. The van der Waals surface area contributed by atoms with E-state index < -0.39 is 29.7 Å². The lowest BCUT2D eigenvalue weighted by molar-refractivity contribution is -0.152. The van der Waals surface area contributed by atoms with Crippen LogP contribution >= 0.6 is 0 Å². The van der Waals surface area contributed by atoms with Gasteiger partial charge in [-0.15, -0.1) is 0 Å². The van der Waals surface area contributed by atoms with Crippen LogP contribution in [0.3, 0.4) is 0 Å². The second-order valence-electron chi connectivity index (χ2n) is 13.4. The van der Waals surface area contributed by atoms with Crippen LogP contribution < -0.4 is 5.32 Å². The molecule has 2 fully saturated rings. The van der Waals surface area contributed by atoms with Crippen molar-refractivity contribution in [1.29, 1.82) is 0 Å². The molecule has 1 saturated heterocycles. The van der Waals surface area contributed by atoms with Gasteiger partial charge in [0.05, 0.1) is 31.2 Å². The molecule has 250 valence electrons. The number of hydrogen-bond donors (Lipinski definition) is 1. The number of fused-ring (bicyclic) bond motifs is 3. The Bertz CT molecular complexity index is 1540. The van der Waals surface area contributed by atoms with E-state index in [1.54, 1.807) is 24.0 Å². The molecule has 1 saturated carbocycles. The van der Waals surface area contributed by atoms with Crippen LogP contribution in [0.25, 0.3) is 0 Å². The van der Waals surface area contributed by atoms with Crippen LogP contribution in [0.15, 0.2) is 54.6 Å². The van der Waals surface area contributed by atoms with Crippen LogP contribution in [0.4, 0.5) is 14.9 Å². The van der Waals surface area contributed by atoms with Gasteiger partial charge in [0, 0.05) is 30.6 Å². The van der Waals surface area contributed by atoms with Crippen LogP contribution in [0.5, 0.6) is 0 Å². The number of anilines is 1. The van der Waals surface area contributed by atoms with Gasteiger partial charge in [-0.2, -0.15) is 0 Å². The molecule has 4 aliphatic rings. The zero-order valence-electron chi connectivity index (χ0n) is 27.2. The first-order valence-corrected chi connectivity index (χ1v) is 16.9. The highest BCUT2D eigenvalue weighted by atomic mass is 19.1. The van der Waals surface area contributed by atoms with E-state index in [9.17, 15) is 23.6 Å². The minimum Gasteiger partial charge on any atom is -0.466 e. The number of nitrogens with one attached hydrogen (secondary N) is 1. The van der Waals surface area contributed by atoms with Crippen molar-refractivity contribution in [3.05, 3.63) is 77.1 Å². The fourth-order valence-electron chi connectivity index (χ4n) is 7.31. The average molecular weight is 646 g/mol. The van der Waals surface area contributed by atoms with Gasteiger partial charge in [-0.1, -0.05) is 54.8 Å². The Labute approximate surface area is 275 Å². The summed E-state index contributed by atoms with van der Waals surface area (Å²) < 4.78 is 25.7. The van der Waals surface area contributed by atoms with E-state index >= 15 is 0 Å². The number of hydrogen-bond acceptors (Lipinski definition) is 7. The summed E-state index contributed by atoms with van der Waals surface area (Å²) in [7, 11) is 0. The molecule has 2 aromatic rings. The predicted octanol–water partition coefficient (Wildman–Crippen LogP) is 6.09. The maximum absolute atomic E-state index is 14.4. The Morgan fingerprint density at radius 3 is 2.64 bits per heavy atom. The lowest BCUT2D eigenvalue weighted by atomic mass is 9.91. The predicted molar refractivity (Wildman–Crippen MR) is 174 cm³/mol. The lowest BCUT2D eigenvalue weighted by Crippen LogP contribution is -2.48. The molecule has 0 aromatic heterocycles. The molecule has 2 aromatic carbocycles. The van der Waals surface area contributed by atoms with Crippen LogP contribution in [-0.4, -0.2) is 64.9 Å². The maximum atomic E-state index is 14.4. The molecule has 0 radical (unpaired) electrons. The number of benzene rings is 2. The van der Waals surface area contributed by atoms with Crippen molar-refractivity contribution in [3.63, 3.8) is 0 Å². The van der Waals surface area contributed by atoms with E-state index in [0.717, 1.165) is 42.5 Å². The van der Waals surface area contributed by atoms with E-state index in [2.05, 4.69) is 11.4 Å². The summed E-state index contributed by atoms with van der Waals surface area (Å²) in [6.45, 7) is 4.34. The van der Waals surface area contributed by atoms with Crippen LogP contribution in [0, 0.1) is 24.1 Å². The van der Waals surface area contributed by atoms with Crippen molar-refractivity contribution in [3.8, 4) is 0 Å². The highest BCUT2D eigenvalue weighted by Crippen LogP contribution is 2.57. The summed E-state index contributed by atoms with van der Waals surface area (Å²) in [5.74, 6) is -1.31. The second-order valence-corrected chi connectivity index (χ2v) is 13.4. The molecule has 0 unspecified atom stereocenters. The smallest absolute Gasteiger partial charge is 0.410 e. The molecule has 47 heavy (non-hydrogen) atoms. The SMILES string of the molecule is CCOC(=O)[C@]12CC(=O)[C@@H]3C[C@@H](OC(=O)N4Cc5cccc(F)c5C4)CN3C(=O)[C@@H](Nc3ccc(C)cc3)CCCCC/C=C\[C@H]1C2. The molecule has 1 aliphatic carbocycles. The van der Waals surface area contributed by atoms with E-state index in [4.69, 9.17) is 9.47 Å². The number of rotatable bonds is 5. The Morgan fingerprint density at radius 2 is 1.87 bits per heavy atom. The first kappa shape index (κ1) is 32.7. The molecule has 2 amide bonds. The molecule has 3 heterocycles. The largest absolute Gasteiger partial charge is 0.466 e. The highest BCUT2D eigenvalue weighted by Gasteiger charge is 2.61. The number of carbonyl (C=O) groups is 4. The third kappa shape index (κ3) is 7.06. The van der Waals surface area contributed by atoms with Gasteiger partial charge in [0.1, 0.15) is 18.0 Å². The summed E-state index contributed by atoms with van der Waals surface area (Å²) >= 11 is 0. The summed E-state index contributed by atoms with van der Waals surface area (Å²) in [5, 5.41) is 3.41. The molecule has 0 spiro atoms. The fourth-order valence-corrected chi connectivity index (χ4v) is 7.31. The topological polar surface area (TPSA) is 105 Å². The summed E-state index contributed by atoms with van der Waals surface area (Å²) in [6, 6.07) is 11.2. The van der Waals surface area contributed by atoms with Crippen LogP contribution in [0.1, 0.15) is 75.0 Å². The van der Waals surface area contributed by atoms with Crippen molar-refractivity contribution < 1.29 is 33.0 Å². The van der Waals surface area contributed by atoms with Crippen molar-refractivity contribution >= 4 is 29.4 Å². The molecule has 3 aliphatic heterocycles. The van der Waals surface area contributed by atoms with Gasteiger partial charge in [0.2, 0.25) is 5.91 Å². The van der Waals surface area contributed by atoms with Crippen LogP contribution in [0.2, 0.25) is 0 Å². The van der Waals surface area contributed by atoms with Gasteiger partial charge in [-0.3, -0.25) is 19.3 Å². The quantitative estimate of drug-likeness (QED) is 0.310.